The molecule has 0 bridgehead atoms. The maximum absolute atomic E-state index is 6.47. The van der Waals surface area contributed by atoms with E-state index in [1.807, 2.05) is 13.8 Å². The number of benzene rings is 1. The molecule has 0 aliphatic heterocycles. The fourth-order valence-electron chi connectivity index (χ4n) is 3.08. The Morgan fingerprint density at radius 1 is 0.947 bits per heavy atom. The fourth-order valence-corrected chi connectivity index (χ4v) is 3.08. The summed E-state index contributed by atoms with van der Waals surface area (Å²) in [5.74, 6) is 1.85. The minimum atomic E-state index is -0.231. The van der Waals surface area contributed by atoms with E-state index in [2.05, 4.69) is 19.1 Å². The van der Waals surface area contributed by atoms with Crippen LogP contribution in [0.4, 0.5) is 0 Å². The number of rotatable bonds is 1. The Kier molecular flexibility index (Phi) is 1.89. The van der Waals surface area contributed by atoms with Gasteiger partial charge in [-0.2, -0.15) is 0 Å². The molecule has 1 aliphatic rings. The summed E-state index contributed by atoms with van der Waals surface area (Å²) in [6, 6.07) is 4.17. The van der Waals surface area contributed by atoms with Gasteiger partial charge in [0.2, 0.25) is 0 Å². The molecule has 2 aromatic heterocycles. The van der Waals surface area contributed by atoms with Crippen molar-refractivity contribution >= 4 is 21.9 Å². The van der Waals surface area contributed by atoms with Crippen LogP contribution in [0, 0.1) is 20.8 Å². The molecule has 3 aromatic rings. The van der Waals surface area contributed by atoms with Gasteiger partial charge in [-0.15, -0.1) is 0 Å². The van der Waals surface area contributed by atoms with Crippen molar-refractivity contribution < 1.29 is 8.83 Å². The lowest BCUT2D eigenvalue weighted by atomic mass is 9.96. The lowest BCUT2D eigenvalue weighted by Gasteiger charge is -2.12. The van der Waals surface area contributed by atoms with Crippen LogP contribution in [-0.2, 0) is 5.54 Å². The smallest absolute Gasteiger partial charge is 0.140 e. The molecule has 0 unspecified atom stereocenters. The zero-order valence-electron chi connectivity index (χ0n) is 11.5. The van der Waals surface area contributed by atoms with E-state index in [0.717, 1.165) is 57.4 Å². The molecule has 2 N–H and O–H groups in total. The summed E-state index contributed by atoms with van der Waals surface area (Å²) in [6.07, 6.45) is 2.04. The third kappa shape index (κ3) is 1.36. The van der Waals surface area contributed by atoms with Crippen molar-refractivity contribution in [3.05, 3.63) is 34.8 Å². The van der Waals surface area contributed by atoms with E-state index in [4.69, 9.17) is 14.6 Å². The minimum absolute atomic E-state index is 0.231. The van der Waals surface area contributed by atoms with Gasteiger partial charge in [0.1, 0.15) is 22.7 Å². The Balaban J connectivity index is 2.27. The molecule has 2 heterocycles. The quantitative estimate of drug-likeness (QED) is 0.713. The van der Waals surface area contributed by atoms with Gasteiger partial charge in [-0.25, -0.2) is 0 Å². The van der Waals surface area contributed by atoms with Gasteiger partial charge >= 0.3 is 0 Å². The lowest BCUT2D eigenvalue weighted by Crippen LogP contribution is -2.19. The highest BCUT2D eigenvalue weighted by molar-refractivity contribution is 6.02. The van der Waals surface area contributed by atoms with E-state index in [1.54, 1.807) is 0 Å². The molecule has 98 valence electrons. The summed E-state index contributed by atoms with van der Waals surface area (Å²) < 4.78 is 11.8. The number of fused-ring (bicyclic) bond motifs is 2. The lowest BCUT2D eigenvalue weighted by molar-refractivity contribution is 0.565. The third-order valence-corrected chi connectivity index (χ3v) is 4.24. The average molecular weight is 255 g/mol. The van der Waals surface area contributed by atoms with Crippen LogP contribution in [-0.4, -0.2) is 0 Å². The number of nitrogens with two attached hydrogens (primary N) is 1. The van der Waals surface area contributed by atoms with Crippen LogP contribution in [0.3, 0.4) is 0 Å². The summed E-state index contributed by atoms with van der Waals surface area (Å²) in [5, 5.41) is 2.25. The zero-order valence-corrected chi connectivity index (χ0v) is 11.5. The van der Waals surface area contributed by atoms with Crippen molar-refractivity contribution in [2.75, 3.05) is 0 Å². The van der Waals surface area contributed by atoms with E-state index < -0.39 is 0 Å². The Labute approximate surface area is 111 Å². The maximum Gasteiger partial charge on any atom is 0.140 e. The molecule has 3 nitrogen and oxygen atoms in total. The second kappa shape index (κ2) is 3.23. The molecular weight excluding hydrogens is 238 g/mol. The number of hydrogen-bond donors (Lipinski definition) is 1. The summed E-state index contributed by atoms with van der Waals surface area (Å²) >= 11 is 0. The largest absolute Gasteiger partial charge is 0.461 e. The molecule has 1 aliphatic carbocycles. The second-order valence-electron chi connectivity index (χ2n) is 5.86. The third-order valence-electron chi connectivity index (χ3n) is 4.24. The van der Waals surface area contributed by atoms with Crippen LogP contribution in [0.5, 0.6) is 0 Å². The molecule has 0 spiro atoms. The van der Waals surface area contributed by atoms with Gasteiger partial charge in [0.05, 0.1) is 0 Å². The molecule has 4 rings (SSSR count). The monoisotopic (exact) mass is 255 g/mol. The van der Waals surface area contributed by atoms with Gasteiger partial charge < -0.3 is 14.6 Å². The molecule has 3 heteroatoms. The average Bonchev–Trinajstić information content (AvgIpc) is 2.79. The summed E-state index contributed by atoms with van der Waals surface area (Å²) in [6.45, 7) is 6.04. The topological polar surface area (TPSA) is 52.3 Å². The molecule has 19 heavy (non-hydrogen) atoms. The Bertz CT molecular complexity index is 761. The summed E-state index contributed by atoms with van der Waals surface area (Å²) in [7, 11) is 0. The molecule has 1 aromatic carbocycles. The first-order valence-electron chi connectivity index (χ1n) is 6.72. The molecule has 0 amide bonds. The number of furan rings is 2. The van der Waals surface area contributed by atoms with Crippen molar-refractivity contribution in [1.29, 1.82) is 0 Å². The summed E-state index contributed by atoms with van der Waals surface area (Å²) in [5.41, 5.74) is 10.4. The molecule has 0 saturated heterocycles. The van der Waals surface area contributed by atoms with E-state index in [0.29, 0.717) is 0 Å². The van der Waals surface area contributed by atoms with Crippen molar-refractivity contribution in [2.45, 2.75) is 39.2 Å². The highest BCUT2D eigenvalue weighted by Gasteiger charge is 2.44. The SMILES string of the molecule is Cc1cc2c(C3(N)CC3)c3oc(C)cc3c(C)c2o1. The van der Waals surface area contributed by atoms with Crippen molar-refractivity contribution in [3.8, 4) is 0 Å². The first kappa shape index (κ1) is 11.1. The standard InChI is InChI=1S/C16H17NO2/c1-8-6-11-10(3)14-12(7-9(2)18-14)13(15(11)19-8)16(17)4-5-16/h6-7H,4-5,17H2,1-3H3. The van der Waals surface area contributed by atoms with Crippen LogP contribution in [0.1, 0.15) is 35.5 Å². The normalized spacial score (nSPS) is 17.5. The fraction of sp³-hybridized carbons (Fsp3) is 0.375. The second-order valence-corrected chi connectivity index (χ2v) is 5.86. The Morgan fingerprint density at radius 2 is 1.53 bits per heavy atom. The van der Waals surface area contributed by atoms with Gasteiger partial charge in [-0.05, 0) is 45.7 Å². The Morgan fingerprint density at radius 3 is 2.16 bits per heavy atom. The van der Waals surface area contributed by atoms with Crippen LogP contribution < -0.4 is 5.73 Å². The van der Waals surface area contributed by atoms with Gasteiger partial charge in [-0.3, -0.25) is 0 Å². The van der Waals surface area contributed by atoms with Crippen LogP contribution >= 0.6 is 0 Å². The first-order valence-corrected chi connectivity index (χ1v) is 6.72. The van der Waals surface area contributed by atoms with E-state index in [9.17, 15) is 0 Å². The molecule has 1 fully saturated rings. The molecule has 1 saturated carbocycles. The van der Waals surface area contributed by atoms with Crippen molar-refractivity contribution in [2.24, 2.45) is 5.73 Å². The van der Waals surface area contributed by atoms with E-state index in [1.165, 1.54) is 0 Å². The predicted molar refractivity (Wildman–Crippen MR) is 75.3 cm³/mol. The number of aryl methyl sites for hydroxylation is 3. The predicted octanol–water partition coefficient (Wildman–Crippen LogP) is 4.05. The van der Waals surface area contributed by atoms with Crippen molar-refractivity contribution in [1.82, 2.24) is 0 Å². The molecule has 0 radical (unpaired) electrons. The zero-order chi connectivity index (χ0) is 13.4. The van der Waals surface area contributed by atoms with Crippen LogP contribution in [0.25, 0.3) is 21.9 Å². The molecular formula is C16H17NO2. The van der Waals surface area contributed by atoms with Gasteiger partial charge in [-0.1, -0.05) is 0 Å². The minimum Gasteiger partial charge on any atom is -0.461 e. The van der Waals surface area contributed by atoms with Crippen LogP contribution in [0.15, 0.2) is 21.0 Å². The summed E-state index contributed by atoms with van der Waals surface area (Å²) in [4.78, 5) is 0. The van der Waals surface area contributed by atoms with Gasteiger partial charge in [0.25, 0.3) is 0 Å². The van der Waals surface area contributed by atoms with Crippen LogP contribution in [0.2, 0.25) is 0 Å². The molecule has 0 atom stereocenters. The van der Waals surface area contributed by atoms with E-state index in [-0.39, 0.29) is 5.54 Å². The van der Waals surface area contributed by atoms with Gasteiger partial charge in [0.15, 0.2) is 0 Å². The van der Waals surface area contributed by atoms with Crippen molar-refractivity contribution in [3.63, 3.8) is 0 Å². The highest BCUT2D eigenvalue weighted by Crippen LogP contribution is 2.50. The van der Waals surface area contributed by atoms with E-state index >= 15 is 0 Å². The number of hydrogen-bond acceptors (Lipinski definition) is 3. The first-order chi connectivity index (χ1) is 8.99. The highest BCUT2D eigenvalue weighted by atomic mass is 16.3. The van der Waals surface area contributed by atoms with Gasteiger partial charge in [0, 0.05) is 27.4 Å². The maximum atomic E-state index is 6.47. The Hall–Kier alpha value is -1.74.